The lowest BCUT2D eigenvalue weighted by molar-refractivity contribution is -0.133. The van der Waals surface area contributed by atoms with Gasteiger partial charge in [0, 0.05) is 5.57 Å². The molecule has 0 spiro atoms. The van der Waals surface area contributed by atoms with E-state index >= 15 is 0 Å². The van der Waals surface area contributed by atoms with Gasteiger partial charge in [0.25, 0.3) is 0 Å². The van der Waals surface area contributed by atoms with Gasteiger partial charge in [-0.1, -0.05) is 13.0 Å². The number of esters is 1. The molecule has 12 heavy (non-hydrogen) atoms. The number of carbonyl (C=O) groups excluding carboxylic acids is 1. The van der Waals surface area contributed by atoms with Crippen LogP contribution in [0.15, 0.2) is 23.0 Å². The van der Waals surface area contributed by atoms with Crippen molar-refractivity contribution in [3.8, 4) is 0 Å². The zero-order chi connectivity index (χ0) is 8.72. The summed E-state index contributed by atoms with van der Waals surface area (Å²) in [7, 11) is 0. The second-order valence-electron chi connectivity index (χ2n) is 3.52. The van der Waals surface area contributed by atoms with Crippen LogP contribution in [0.25, 0.3) is 0 Å². The number of cyclic esters (lactones) is 1. The summed E-state index contributed by atoms with van der Waals surface area (Å²) >= 11 is 0. The second kappa shape index (κ2) is 2.47. The first-order valence-electron chi connectivity index (χ1n) is 4.32. The Balaban J connectivity index is 2.43. The fraction of sp³-hybridized carbons (Fsp3) is 0.500. The fourth-order valence-corrected chi connectivity index (χ4v) is 1.79. The molecule has 0 aromatic rings. The zero-order valence-electron chi connectivity index (χ0n) is 7.39. The van der Waals surface area contributed by atoms with Crippen molar-refractivity contribution < 1.29 is 9.53 Å². The fourth-order valence-electron chi connectivity index (χ4n) is 1.79. The minimum Gasteiger partial charge on any atom is -0.427 e. The zero-order valence-corrected chi connectivity index (χ0v) is 7.39. The molecule has 2 rings (SSSR count). The van der Waals surface area contributed by atoms with Gasteiger partial charge in [-0.15, -0.1) is 0 Å². The summed E-state index contributed by atoms with van der Waals surface area (Å²) < 4.78 is 5.03. The highest BCUT2D eigenvalue weighted by Gasteiger charge is 2.30. The van der Waals surface area contributed by atoms with Crippen LogP contribution in [0.3, 0.4) is 0 Å². The molecule has 0 aromatic carbocycles. The van der Waals surface area contributed by atoms with Crippen molar-refractivity contribution in [1.82, 2.24) is 0 Å². The Morgan fingerprint density at radius 2 is 2.33 bits per heavy atom. The first-order chi connectivity index (χ1) is 5.68. The van der Waals surface area contributed by atoms with Crippen molar-refractivity contribution in [3.05, 3.63) is 23.0 Å². The number of ether oxygens (including phenoxy) is 1. The lowest BCUT2D eigenvalue weighted by atomic mass is 9.88. The predicted molar refractivity (Wildman–Crippen MR) is 45.3 cm³/mol. The van der Waals surface area contributed by atoms with Crippen LogP contribution < -0.4 is 0 Å². The number of hydrogen-bond acceptors (Lipinski definition) is 2. The van der Waals surface area contributed by atoms with Crippen LogP contribution >= 0.6 is 0 Å². The third-order valence-corrected chi connectivity index (χ3v) is 2.52. The Morgan fingerprint density at radius 3 is 3.08 bits per heavy atom. The average Bonchev–Trinajstić information content (AvgIpc) is 2.28. The molecule has 0 aromatic heterocycles. The van der Waals surface area contributed by atoms with Gasteiger partial charge >= 0.3 is 5.97 Å². The Hall–Kier alpha value is -1.05. The molecule has 2 aliphatic rings. The maximum absolute atomic E-state index is 11.2. The Labute approximate surface area is 71.9 Å². The molecule has 64 valence electrons. The van der Waals surface area contributed by atoms with Crippen LogP contribution in [0, 0.1) is 5.92 Å². The maximum atomic E-state index is 11.2. The third-order valence-electron chi connectivity index (χ3n) is 2.52. The highest BCUT2D eigenvalue weighted by Crippen LogP contribution is 2.35. The van der Waals surface area contributed by atoms with Crippen LogP contribution in [0.2, 0.25) is 0 Å². The lowest BCUT2D eigenvalue weighted by Gasteiger charge is -2.14. The molecule has 1 aliphatic carbocycles. The maximum Gasteiger partial charge on any atom is 0.343 e. The molecule has 0 bridgehead atoms. The standard InChI is InChI=1S/C10H12O2/c1-6-3-4-8-7(2)12-10(11)9(8)5-6/h5-6H,3-4H2,1-2H3. The normalized spacial score (nSPS) is 28.3. The first-order valence-corrected chi connectivity index (χ1v) is 4.32. The number of carbonyl (C=O) groups is 1. The van der Waals surface area contributed by atoms with E-state index in [4.69, 9.17) is 4.74 Å². The summed E-state index contributed by atoms with van der Waals surface area (Å²) in [6.07, 6.45) is 4.15. The Morgan fingerprint density at radius 1 is 1.58 bits per heavy atom. The lowest BCUT2D eigenvalue weighted by Crippen LogP contribution is -2.06. The molecular weight excluding hydrogens is 152 g/mol. The molecule has 0 N–H and O–H groups in total. The smallest absolute Gasteiger partial charge is 0.343 e. The van der Waals surface area contributed by atoms with E-state index in [1.807, 2.05) is 13.0 Å². The van der Waals surface area contributed by atoms with Crippen molar-refractivity contribution >= 4 is 5.97 Å². The third kappa shape index (κ3) is 0.986. The van der Waals surface area contributed by atoms with E-state index in [0.29, 0.717) is 5.92 Å². The minimum absolute atomic E-state index is 0.158. The molecule has 0 saturated carbocycles. The average molecular weight is 164 g/mol. The molecule has 0 fully saturated rings. The molecule has 1 heterocycles. The molecule has 0 saturated heterocycles. The summed E-state index contributed by atoms with van der Waals surface area (Å²) in [5, 5.41) is 0. The molecule has 1 unspecified atom stereocenters. The largest absolute Gasteiger partial charge is 0.427 e. The summed E-state index contributed by atoms with van der Waals surface area (Å²) in [5.74, 6) is 1.16. The summed E-state index contributed by atoms with van der Waals surface area (Å²) in [5.41, 5.74) is 1.93. The van der Waals surface area contributed by atoms with Crippen molar-refractivity contribution in [3.63, 3.8) is 0 Å². The molecule has 0 amide bonds. The van der Waals surface area contributed by atoms with E-state index in [1.165, 1.54) is 0 Å². The van der Waals surface area contributed by atoms with Gasteiger partial charge in [0.2, 0.25) is 0 Å². The predicted octanol–water partition coefficient (Wildman–Crippen LogP) is 2.17. The SMILES string of the molecule is CC1=C2CCC(C)C=C2C(=O)O1. The molecule has 2 nitrogen and oxygen atoms in total. The van der Waals surface area contributed by atoms with Crippen molar-refractivity contribution in [2.24, 2.45) is 5.92 Å². The van der Waals surface area contributed by atoms with Crippen LogP contribution in [-0.4, -0.2) is 5.97 Å². The Kier molecular flexibility index (Phi) is 1.56. The highest BCUT2D eigenvalue weighted by molar-refractivity contribution is 5.97. The summed E-state index contributed by atoms with van der Waals surface area (Å²) in [6, 6.07) is 0. The topological polar surface area (TPSA) is 26.3 Å². The van der Waals surface area contributed by atoms with Gasteiger partial charge in [0.1, 0.15) is 5.76 Å². The van der Waals surface area contributed by atoms with Crippen LogP contribution in [-0.2, 0) is 9.53 Å². The highest BCUT2D eigenvalue weighted by atomic mass is 16.5. The van der Waals surface area contributed by atoms with E-state index in [-0.39, 0.29) is 5.97 Å². The van der Waals surface area contributed by atoms with Crippen LogP contribution in [0.5, 0.6) is 0 Å². The molecular formula is C10H12O2. The van der Waals surface area contributed by atoms with Crippen LogP contribution in [0.4, 0.5) is 0 Å². The van der Waals surface area contributed by atoms with Gasteiger partial charge in [-0.3, -0.25) is 0 Å². The van der Waals surface area contributed by atoms with E-state index < -0.39 is 0 Å². The number of hydrogen-bond donors (Lipinski definition) is 0. The van der Waals surface area contributed by atoms with Gasteiger partial charge in [-0.05, 0) is 25.7 Å². The van der Waals surface area contributed by atoms with Crippen LogP contribution in [0.1, 0.15) is 26.7 Å². The number of allylic oxidation sites excluding steroid dienone is 2. The van der Waals surface area contributed by atoms with E-state index in [0.717, 1.165) is 29.7 Å². The van der Waals surface area contributed by atoms with Gasteiger partial charge in [-0.25, -0.2) is 4.79 Å². The summed E-state index contributed by atoms with van der Waals surface area (Å²) in [4.78, 5) is 11.2. The molecule has 1 atom stereocenters. The van der Waals surface area contributed by atoms with E-state index in [9.17, 15) is 4.79 Å². The van der Waals surface area contributed by atoms with E-state index in [2.05, 4.69) is 6.92 Å². The van der Waals surface area contributed by atoms with Gasteiger partial charge < -0.3 is 4.74 Å². The second-order valence-corrected chi connectivity index (χ2v) is 3.52. The number of rotatable bonds is 0. The van der Waals surface area contributed by atoms with Gasteiger partial charge in [0.05, 0.1) is 5.57 Å². The van der Waals surface area contributed by atoms with Crippen molar-refractivity contribution in [2.45, 2.75) is 26.7 Å². The quantitative estimate of drug-likeness (QED) is 0.513. The van der Waals surface area contributed by atoms with Crippen molar-refractivity contribution in [1.29, 1.82) is 0 Å². The van der Waals surface area contributed by atoms with Gasteiger partial charge in [0.15, 0.2) is 0 Å². The molecule has 2 heteroatoms. The van der Waals surface area contributed by atoms with E-state index in [1.54, 1.807) is 0 Å². The monoisotopic (exact) mass is 164 g/mol. The summed E-state index contributed by atoms with van der Waals surface area (Å²) in [6.45, 7) is 3.99. The number of fused-ring (bicyclic) bond motifs is 1. The molecule has 1 aliphatic heterocycles. The minimum atomic E-state index is -0.158. The van der Waals surface area contributed by atoms with Gasteiger partial charge in [-0.2, -0.15) is 0 Å². The molecule has 0 radical (unpaired) electrons. The Bertz CT molecular complexity index is 297. The first kappa shape index (κ1) is 7.59. The van der Waals surface area contributed by atoms with Crippen molar-refractivity contribution in [2.75, 3.05) is 0 Å².